The van der Waals surface area contributed by atoms with Crippen molar-refractivity contribution in [3.8, 4) is 0 Å². The molecule has 2 amide bonds. The normalized spacial score (nSPS) is 18.3. The number of carbonyl (C=O) groups excluding carboxylic acids is 2. The largest absolute Gasteiger partial charge is 0.378 e. The van der Waals surface area contributed by atoms with E-state index in [1.54, 1.807) is 18.2 Å². The predicted molar refractivity (Wildman–Crippen MR) is 77.4 cm³/mol. The van der Waals surface area contributed by atoms with Crippen LogP contribution in [0.5, 0.6) is 0 Å². The summed E-state index contributed by atoms with van der Waals surface area (Å²) in [4.78, 5) is 26.8. The molecule has 1 unspecified atom stereocenters. The van der Waals surface area contributed by atoms with Crippen molar-refractivity contribution in [3.05, 3.63) is 28.8 Å². The zero-order valence-corrected chi connectivity index (χ0v) is 11.7. The Morgan fingerprint density at radius 3 is 2.89 bits per heavy atom. The molecule has 0 aromatic heterocycles. The number of amidine groups is 1. The van der Waals surface area contributed by atoms with Gasteiger partial charge in [-0.05, 0) is 30.7 Å². The van der Waals surface area contributed by atoms with E-state index in [0.717, 1.165) is 17.3 Å². The first-order chi connectivity index (χ1) is 8.95. The van der Waals surface area contributed by atoms with Crippen LogP contribution in [0.3, 0.4) is 0 Å². The number of nitrogens with zero attached hydrogens (tertiary/aromatic N) is 1. The summed E-state index contributed by atoms with van der Waals surface area (Å²) >= 11 is 7.01. The van der Waals surface area contributed by atoms with Crippen LogP contribution in [0, 0.1) is 6.92 Å². The summed E-state index contributed by atoms with van der Waals surface area (Å²) in [6, 6.07) is 5.19. The number of benzene rings is 1. The van der Waals surface area contributed by atoms with E-state index in [4.69, 9.17) is 17.3 Å². The summed E-state index contributed by atoms with van der Waals surface area (Å²) in [5, 5.41) is 3.05. The molecule has 1 heterocycles. The molecule has 3 N–H and O–H groups in total. The van der Waals surface area contributed by atoms with Gasteiger partial charge in [0.25, 0.3) is 5.91 Å². The molecule has 2 rings (SSSR count). The zero-order chi connectivity index (χ0) is 14.0. The fourth-order valence-electron chi connectivity index (χ4n) is 1.63. The Balaban J connectivity index is 1.95. The predicted octanol–water partition coefficient (Wildman–Crippen LogP) is 1.93. The first-order valence-electron chi connectivity index (χ1n) is 5.56. The van der Waals surface area contributed by atoms with E-state index < -0.39 is 5.25 Å². The van der Waals surface area contributed by atoms with Gasteiger partial charge in [-0.2, -0.15) is 4.99 Å². The first kappa shape index (κ1) is 13.9. The highest BCUT2D eigenvalue weighted by atomic mass is 35.5. The summed E-state index contributed by atoms with van der Waals surface area (Å²) in [5.74, 6) is -0.609. The molecule has 7 heteroatoms. The maximum Gasteiger partial charge on any atom is 0.262 e. The molecule has 0 aliphatic carbocycles. The number of nitrogens with one attached hydrogen (secondary N) is 1. The molecule has 0 spiro atoms. The molecule has 1 aromatic rings. The van der Waals surface area contributed by atoms with E-state index in [1.165, 1.54) is 0 Å². The highest BCUT2D eigenvalue weighted by Gasteiger charge is 2.29. The first-order valence-corrected chi connectivity index (χ1v) is 6.82. The smallest absolute Gasteiger partial charge is 0.262 e. The van der Waals surface area contributed by atoms with E-state index in [1.807, 2.05) is 6.92 Å². The summed E-state index contributed by atoms with van der Waals surface area (Å²) in [7, 11) is 0. The molecule has 1 aliphatic heterocycles. The number of halogens is 1. The van der Waals surface area contributed by atoms with Gasteiger partial charge in [0.1, 0.15) is 5.25 Å². The number of amides is 2. The number of aliphatic imine (C=N–C) groups is 1. The lowest BCUT2D eigenvalue weighted by atomic mass is 10.2. The molecule has 5 nitrogen and oxygen atoms in total. The lowest BCUT2D eigenvalue weighted by Crippen LogP contribution is -2.21. The average molecular weight is 298 g/mol. The van der Waals surface area contributed by atoms with Gasteiger partial charge in [0.2, 0.25) is 5.91 Å². The fourth-order valence-corrected chi connectivity index (χ4v) is 2.57. The Morgan fingerprint density at radius 1 is 1.58 bits per heavy atom. The molecule has 1 atom stereocenters. The van der Waals surface area contributed by atoms with Crippen molar-refractivity contribution in [1.82, 2.24) is 0 Å². The van der Waals surface area contributed by atoms with Gasteiger partial charge >= 0.3 is 0 Å². The molecule has 1 aromatic carbocycles. The van der Waals surface area contributed by atoms with Crippen LogP contribution in [0.2, 0.25) is 5.02 Å². The van der Waals surface area contributed by atoms with Gasteiger partial charge in [-0.3, -0.25) is 9.59 Å². The van der Waals surface area contributed by atoms with Crippen LogP contribution >= 0.6 is 23.4 Å². The number of carbonyl (C=O) groups is 2. The Kier molecular flexibility index (Phi) is 4.11. The van der Waals surface area contributed by atoms with Crippen LogP contribution in [-0.2, 0) is 9.59 Å². The van der Waals surface area contributed by atoms with Crippen molar-refractivity contribution >= 4 is 46.0 Å². The van der Waals surface area contributed by atoms with E-state index in [0.29, 0.717) is 10.7 Å². The summed E-state index contributed by atoms with van der Waals surface area (Å²) in [5.41, 5.74) is 6.95. The maximum atomic E-state index is 11.8. The van der Waals surface area contributed by atoms with Crippen LogP contribution in [0.4, 0.5) is 5.69 Å². The standard InChI is InChI=1S/C12H12ClN3O2S/c1-6-4-7(2-3-8(6)13)15-10(17)5-9-11(18)16-12(14)19-9/h2-4,9H,5H2,1H3,(H,15,17)(H2,14,16,18). The van der Waals surface area contributed by atoms with E-state index in [9.17, 15) is 9.59 Å². The third kappa shape index (κ3) is 3.48. The van der Waals surface area contributed by atoms with Crippen molar-refractivity contribution in [2.24, 2.45) is 10.7 Å². The minimum absolute atomic E-state index is 0.0510. The van der Waals surface area contributed by atoms with E-state index in [-0.39, 0.29) is 23.4 Å². The molecular weight excluding hydrogens is 286 g/mol. The minimum atomic E-state index is -0.520. The minimum Gasteiger partial charge on any atom is -0.378 e. The second-order valence-corrected chi connectivity index (χ2v) is 5.74. The summed E-state index contributed by atoms with van der Waals surface area (Å²) in [6.07, 6.45) is 0.0510. The van der Waals surface area contributed by atoms with E-state index in [2.05, 4.69) is 10.3 Å². The average Bonchev–Trinajstić information content (AvgIpc) is 2.62. The van der Waals surface area contributed by atoms with Crippen LogP contribution in [0.25, 0.3) is 0 Å². The zero-order valence-electron chi connectivity index (χ0n) is 10.1. The highest BCUT2D eigenvalue weighted by molar-refractivity contribution is 8.15. The molecule has 19 heavy (non-hydrogen) atoms. The summed E-state index contributed by atoms with van der Waals surface area (Å²) in [6.45, 7) is 1.85. The second-order valence-electron chi connectivity index (χ2n) is 4.11. The van der Waals surface area contributed by atoms with Crippen molar-refractivity contribution in [3.63, 3.8) is 0 Å². The molecule has 1 aliphatic rings. The van der Waals surface area contributed by atoms with Gasteiger partial charge in [0.05, 0.1) is 0 Å². The fraction of sp³-hybridized carbons (Fsp3) is 0.250. The van der Waals surface area contributed by atoms with E-state index >= 15 is 0 Å². The number of nitrogens with two attached hydrogens (primary N) is 1. The lowest BCUT2D eigenvalue weighted by Gasteiger charge is -2.09. The topological polar surface area (TPSA) is 84.6 Å². The van der Waals surface area contributed by atoms with Crippen molar-refractivity contribution in [2.75, 3.05) is 5.32 Å². The van der Waals surface area contributed by atoms with Crippen molar-refractivity contribution < 1.29 is 9.59 Å². The lowest BCUT2D eigenvalue weighted by molar-refractivity contribution is -0.121. The summed E-state index contributed by atoms with van der Waals surface area (Å²) < 4.78 is 0. The van der Waals surface area contributed by atoms with Gasteiger partial charge < -0.3 is 11.1 Å². The highest BCUT2D eigenvalue weighted by Crippen LogP contribution is 2.24. The van der Waals surface area contributed by atoms with Crippen molar-refractivity contribution in [1.29, 1.82) is 0 Å². The Bertz CT molecular complexity index is 574. The molecule has 100 valence electrons. The number of anilines is 1. The second kappa shape index (κ2) is 5.63. The van der Waals surface area contributed by atoms with Crippen molar-refractivity contribution in [2.45, 2.75) is 18.6 Å². The van der Waals surface area contributed by atoms with Crippen LogP contribution < -0.4 is 11.1 Å². The Morgan fingerprint density at radius 2 is 2.32 bits per heavy atom. The molecule has 0 fully saturated rings. The Labute approximate surface area is 119 Å². The van der Waals surface area contributed by atoms with Gasteiger partial charge in [0, 0.05) is 17.1 Å². The van der Waals surface area contributed by atoms with Gasteiger partial charge in [-0.25, -0.2) is 0 Å². The third-order valence-corrected chi connectivity index (χ3v) is 3.98. The molecule has 0 saturated heterocycles. The number of hydrogen-bond acceptors (Lipinski definition) is 4. The molecule has 0 radical (unpaired) electrons. The van der Waals surface area contributed by atoms with Crippen LogP contribution in [-0.4, -0.2) is 22.2 Å². The third-order valence-electron chi connectivity index (χ3n) is 2.57. The molecule has 0 bridgehead atoms. The van der Waals surface area contributed by atoms with Gasteiger partial charge in [-0.15, -0.1) is 0 Å². The Hall–Kier alpha value is -1.53. The van der Waals surface area contributed by atoms with Gasteiger partial charge in [-0.1, -0.05) is 23.4 Å². The SMILES string of the molecule is Cc1cc(NC(=O)CC2SC(N)=NC2=O)ccc1Cl. The van der Waals surface area contributed by atoms with Gasteiger partial charge in [0.15, 0.2) is 5.17 Å². The quantitative estimate of drug-likeness (QED) is 0.893. The number of hydrogen-bond donors (Lipinski definition) is 2. The maximum absolute atomic E-state index is 11.8. The van der Waals surface area contributed by atoms with Crippen LogP contribution in [0.1, 0.15) is 12.0 Å². The number of thioether (sulfide) groups is 1. The van der Waals surface area contributed by atoms with Crippen LogP contribution in [0.15, 0.2) is 23.2 Å². The number of aryl methyl sites for hydroxylation is 1. The molecule has 0 saturated carbocycles. The molecular formula is C12H12ClN3O2S. The number of rotatable bonds is 3. The monoisotopic (exact) mass is 297 g/mol.